The zero-order valence-corrected chi connectivity index (χ0v) is 16.9. The number of amides is 2. The van der Waals surface area contributed by atoms with Crippen molar-refractivity contribution in [1.82, 2.24) is 5.32 Å². The van der Waals surface area contributed by atoms with Gasteiger partial charge in [-0.25, -0.2) is 4.79 Å². The molecule has 0 radical (unpaired) electrons. The zero-order valence-electron chi connectivity index (χ0n) is 16.9. The Kier molecular flexibility index (Phi) is 4.00. The number of fused-ring (bicyclic) bond motifs is 4. The summed E-state index contributed by atoms with van der Waals surface area (Å²) in [5.41, 5.74) is 1.44. The fourth-order valence-electron chi connectivity index (χ4n) is 4.02. The van der Waals surface area contributed by atoms with E-state index in [0.717, 1.165) is 11.1 Å². The molecule has 1 saturated heterocycles. The number of urea groups is 1. The number of anilines is 1. The molecular formula is C22H26N2O4. The van der Waals surface area contributed by atoms with Crippen LogP contribution >= 0.6 is 0 Å². The topological polar surface area (TPSA) is 71.0 Å². The first-order valence-electron chi connectivity index (χ1n) is 9.43. The van der Waals surface area contributed by atoms with Crippen molar-refractivity contribution in [2.45, 2.75) is 51.3 Å². The van der Waals surface area contributed by atoms with E-state index in [1.165, 1.54) is 0 Å². The summed E-state index contributed by atoms with van der Waals surface area (Å²) >= 11 is 0. The second-order valence-corrected chi connectivity index (χ2v) is 8.68. The van der Waals surface area contributed by atoms with E-state index in [1.54, 1.807) is 24.1 Å². The molecule has 6 heteroatoms. The molecule has 2 unspecified atom stereocenters. The third-order valence-corrected chi connectivity index (χ3v) is 5.53. The predicted octanol–water partition coefficient (Wildman–Crippen LogP) is 4.47. The SMILES string of the molecule is COc1cccc(N2C(=O)NC3CC2(C)Oc2c(O)cc(C(C)(C)C)cc23)c1. The van der Waals surface area contributed by atoms with Crippen LogP contribution in [-0.2, 0) is 5.41 Å². The summed E-state index contributed by atoms with van der Waals surface area (Å²) in [6.07, 6.45) is 0.565. The molecule has 0 saturated carbocycles. The number of hydrogen-bond acceptors (Lipinski definition) is 4. The first kappa shape index (κ1) is 18.5. The fourth-order valence-corrected chi connectivity index (χ4v) is 4.02. The molecule has 2 heterocycles. The molecule has 0 aliphatic carbocycles. The van der Waals surface area contributed by atoms with E-state index in [4.69, 9.17) is 9.47 Å². The first-order valence-corrected chi connectivity index (χ1v) is 9.43. The van der Waals surface area contributed by atoms with E-state index in [-0.39, 0.29) is 23.2 Å². The Balaban J connectivity index is 1.80. The Morgan fingerprint density at radius 2 is 2.04 bits per heavy atom. The second kappa shape index (κ2) is 6.06. The lowest BCUT2D eigenvalue weighted by atomic mass is 9.82. The molecule has 28 heavy (non-hydrogen) atoms. The van der Waals surface area contributed by atoms with Gasteiger partial charge in [-0.05, 0) is 42.2 Å². The van der Waals surface area contributed by atoms with Crippen molar-refractivity contribution in [1.29, 1.82) is 0 Å². The van der Waals surface area contributed by atoms with Crippen LogP contribution in [0.1, 0.15) is 51.3 Å². The molecule has 2 atom stereocenters. The number of carbonyl (C=O) groups is 1. The standard InChI is InChI=1S/C22H26N2O4/c1-21(2,3)13-9-16-17-12-22(4,28-19(16)18(25)10-13)24(20(26)23-17)14-7-6-8-15(11-14)27-5/h6-11,17,25H,12H2,1-5H3,(H,23,26). The van der Waals surface area contributed by atoms with Crippen molar-refractivity contribution in [3.05, 3.63) is 47.5 Å². The van der Waals surface area contributed by atoms with Crippen molar-refractivity contribution in [2.75, 3.05) is 12.0 Å². The molecule has 2 aromatic carbocycles. The molecule has 0 spiro atoms. The number of carbonyl (C=O) groups excluding carboxylic acids is 1. The van der Waals surface area contributed by atoms with E-state index < -0.39 is 5.72 Å². The number of benzene rings is 2. The molecule has 2 aliphatic rings. The van der Waals surface area contributed by atoms with Gasteiger partial charge in [0, 0.05) is 18.1 Å². The molecule has 2 N–H and O–H groups in total. The lowest BCUT2D eigenvalue weighted by Gasteiger charge is -2.50. The summed E-state index contributed by atoms with van der Waals surface area (Å²) in [7, 11) is 1.59. The number of nitrogens with one attached hydrogen (secondary N) is 1. The second-order valence-electron chi connectivity index (χ2n) is 8.68. The number of ether oxygens (including phenoxy) is 2. The van der Waals surface area contributed by atoms with Gasteiger partial charge in [-0.2, -0.15) is 0 Å². The number of phenols is 1. The van der Waals surface area contributed by atoms with E-state index >= 15 is 0 Å². The lowest BCUT2D eigenvalue weighted by molar-refractivity contribution is 0.0348. The van der Waals surface area contributed by atoms with Gasteiger partial charge in [-0.1, -0.05) is 26.8 Å². The van der Waals surface area contributed by atoms with Crippen LogP contribution in [0.4, 0.5) is 10.5 Å². The van der Waals surface area contributed by atoms with E-state index in [0.29, 0.717) is 23.6 Å². The van der Waals surface area contributed by atoms with Gasteiger partial charge in [0.25, 0.3) is 0 Å². The van der Waals surface area contributed by atoms with Crippen molar-refractivity contribution in [2.24, 2.45) is 0 Å². The van der Waals surface area contributed by atoms with Gasteiger partial charge in [0.2, 0.25) is 0 Å². The maximum absolute atomic E-state index is 13.0. The van der Waals surface area contributed by atoms with Crippen LogP contribution in [0.2, 0.25) is 0 Å². The minimum atomic E-state index is -0.924. The Bertz CT molecular complexity index is 950. The molecule has 2 amide bonds. The van der Waals surface area contributed by atoms with Gasteiger partial charge in [0.15, 0.2) is 17.2 Å². The highest BCUT2D eigenvalue weighted by molar-refractivity contribution is 5.95. The number of phenolic OH excluding ortho intramolecular Hbond substituents is 1. The summed E-state index contributed by atoms with van der Waals surface area (Å²) in [6, 6.07) is 10.6. The van der Waals surface area contributed by atoms with Gasteiger partial charge >= 0.3 is 6.03 Å². The molecular weight excluding hydrogens is 356 g/mol. The van der Waals surface area contributed by atoms with Gasteiger partial charge < -0.3 is 19.9 Å². The van der Waals surface area contributed by atoms with E-state index in [9.17, 15) is 9.90 Å². The molecule has 2 aliphatic heterocycles. The van der Waals surface area contributed by atoms with Crippen molar-refractivity contribution in [3.8, 4) is 17.2 Å². The van der Waals surface area contributed by atoms with Gasteiger partial charge in [-0.3, -0.25) is 4.90 Å². The number of hydrogen-bond donors (Lipinski definition) is 2. The summed E-state index contributed by atoms with van der Waals surface area (Å²) in [4.78, 5) is 14.6. The average molecular weight is 382 g/mol. The van der Waals surface area contributed by atoms with Crippen LogP contribution < -0.4 is 19.7 Å². The van der Waals surface area contributed by atoms with Crippen molar-refractivity contribution in [3.63, 3.8) is 0 Å². The number of methoxy groups -OCH3 is 1. The first-order chi connectivity index (χ1) is 13.1. The Morgan fingerprint density at radius 1 is 1.29 bits per heavy atom. The quantitative estimate of drug-likeness (QED) is 0.804. The third kappa shape index (κ3) is 2.84. The molecule has 6 nitrogen and oxygen atoms in total. The minimum Gasteiger partial charge on any atom is -0.504 e. The average Bonchev–Trinajstić information content (AvgIpc) is 2.61. The Morgan fingerprint density at radius 3 is 2.71 bits per heavy atom. The molecule has 148 valence electrons. The third-order valence-electron chi connectivity index (χ3n) is 5.53. The summed E-state index contributed by atoms with van der Waals surface area (Å²) < 4.78 is 11.6. The number of nitrogens with zero attached hydrogens (tertiary/aromatic N) is 1. The van der Waals surface area contributed by atoms with Crippen LogP contribution in [0.25, 0.3) is 0 Å². The van der Waals surface area contributed by atoms with Gasteiger partial charge in [-0.15, -0.1) is 0 Å². The maximum atomic E-state index is 13.0. The lowest BCUT2D eigenvalue weighted by Crippen LogP contribution is -2.65. The molecule has 2 aromatic rings. The Hall–Kier alpha value is -2.89. The highest BCUT2D eigenvalue weighted by atomic mass is 16.5. The monoisotopic (exact) mass is 382 g/mol. The normalized spacial score (nSPS) is 23.5. The molecule has 1 fully saturated rings. The van der Waals surface area contributed by atoms with Crippen molar-refractivity contribution >= 4 is 11.7 Å². The van der Waals surface area contributed by atoms with Crippen molar-refractivity contribution < 1.29 is 19.4 Å². The summed E-state index contributed by atoms with van der Waals surface area (Å²) in [5, 5.41) is 13.8. The highest BCUT2D eigenvalue weighted by Crippen LogP contribution is 2.50. The number of rotatable bonds is 2. The summed E-state index contributed by atoms with van der Waals surface area (Å²) in [6.45, 7) is 8.14. The Labute approximate surface area is 165 Å². The fraction of sp³-hybridized carbons (Fsp3) is 0.409. The van der Waals surface area contributed by atoms with Crippen LogP contribution in [0.3, 0.4) is 0 Å². The highest BCUT2D eigenvalue weighted by Gasteiger charge is 2.50. The van der Waals surface area contributed by atoms with Crippen LogP contribution in [-0.4, -0.2) is 24.0 Å². The largest absolute Gasteiger partial charge is 0.504 e. The van der Waals surface area contributed by atoms with E-state index in [1.807, 2.05) is 31.2 Å². The molecule has 4 rings (SSSR count). The zero-order chi connectivity index (χ0) is 20.3. The maximum Gasteiger partial charge on any atom is 0.325 e. The van der Waals surface area contributed by atoms with E-state index in [2.05, 4.69) is 26.1 Å². The number of aromatic hydroxyl groups is 1. The van der Waals surface area contributed by atoms with Crippen LogP contribution in [0, 0.1) is 0 Å². The van der Waals surface area contributed by atoms with Gasteiger partial charge in [0.05, 0.1) is 18.8 Å². The van der Waals surface area contributed by atoms with Gasteiger partial charge in [0.1, 0.15) is 5.75 Å². The molecule has 0 aromatic heterocycles. The van der Waals surface area contributed by atoms with Crippen LogP contribution in [0.15, 0.2) is 36.4 Å². The smallest absolute Gasteiger partial charge is 0.325 e. The van der Waals surface area contributed by atoms with Crippen LogP contribution in [0.5, 0.6) is 17.2 Å². The minimum absolute atomic E-state index is 0.0973. The predicted molar refractivity (Wildman–Crippen MR) is 107 cm³/mol. The summed E-state index contributed by atoms with van der Waals surface area (Å²) in [5.74, 6) is 1.18. The molecule has 2 bridgehead atoms.